The Balaban J connectivity index is 1.62. The zero-order valence-electron chi connectivity index (χ0n) is 16.2. The fourth-order valence-electron chi connectivity index (χ4n) is 3.54. The van der Waals surface area contributed by atoms with Crippen molar-refractivity contribution in [3.8, 4) is 17.1 Å². The van der Waals surface area contributed by atoms with Gasteiger partial charge in [0.1, 0.15) is 5.82 Å². The highest BCUT2D eigenvalue weighted by Crippen LogP contribution is 2.30. The van der Waals surface area contributed by atoms with Gasteiger partial charge in [0.25, 0.3) is 0 Å². The molecule has 1 N–H and O–H groups in total. The van der Waals surface area contributed by atoms with Gasteiger partial charge >= 0.3 is 0 Å². The van der Waals surface area contributed by atoms with E-state index in [2.05, 4.69) is 15.5 Å². The Kier molecular flexibility index (Phi) is 5.94. The van der Waals surface area contributed by atoms with E-state index in [1.54, 1.807) is 12.1 Å². The van der Waals surface area contributed by atoms with Crippen LogP contribution in [0.5, 0.6) is 0 Å². The lowest BCUT2D eigenvalue weighted by molar-refractivity contribution is -0.120. The molecular formula is C22H23FN4OS. The summed E-state index contributed by atoms with van der Waals surface area (Å²) in [4.78, 5) is 12.6. The van der Waals surface area contributed by atoms with Crippen LogP contribution in [0, 0.1) is 5.82 Å². The number of halogens is 1. The predicted octanol–water partition coefficient (Wildman–Crippen LogP) is 4.61. The second-order valence-corrected chi connectivity index (χ2v) is 8.54. The number of nitrogens with zero attached hydrogens (tertiary/aromatic N) is 3. The van der Waals surface area contributed by atoms with Gasteiger partial charge in [0.05, 0.1) is 5.25 Å². The van der Waals surface area contributed by atoms with E-state index in [1.807, 2.05) is 41.8 Å². The Labute approximate surface area is 173 Å². The minimum Gasteiger partial charge on any atom is -0.352 e. The molecule has 29 heavy (non-hydrogen) atoms. The molecule has 5 nitrogen and oxygen atoms in total. The zero-order chi connectivity index (χ0) is 20.2. The molecule has 0 aliphatic heterocycles. The molecule has 0 saturated heterocycles. The van der Waals surface area contributed by atoms with Crippen LogP contribution in [0.3, 0.4) is 0 Å². The zero-order valence-corrected chi connectivity index (χ0v) is 17.0. The summed E-state index contributed by atoms with van der Waals surface area (Å²) < 4.78 is 15.3. The van der Waals surface area contributed by atoms with Crippen molar-refractivity contribution in [3.63, 3.8) is 0 Å². The van der Waals surface area contributed by atoms with E-state index in [9.17, 15) is 9.18 Å². The lowest BCUT2D eigenvalue weighted by Crippen LogP contribution is -2.37. The molecule has 1 heterocycles. The first-order valence-electron chi connectivity index (χ1n) is 9.85. The van der Waals surface area contributed by atoms with E-state index in [0.717, 1.165) is 24.1 Å². The van der Waals surface area contributed by atoms with Gasteiger partial charge in [-0.25, -0.2) is 4.39 Å². The topological polar surface area (TPSA) is 59.8 Å². The molecule has 1 aromatic heterocycles. The molecule has 1 aliphatic carbocycles. The second kappa shape index (κ2) is 8.78. The van der Waals surface area contributed by atoms with Gasteiger partial charge in [0.2, 0.25) is 5.91 Å². The number of carbonyl (C=O) groups is 1. The fourth-order valence-corrected chi connectivity index (χ4v) is 4.42. The lowest BCUT2D eigenvalue weighted by Gasteiger charge is -2.17. The van der Waals surface area contributed by atoms with Gasteiger partial charge in [0.15, 0.2) is 11.0 Å². The summed E-state index contributed by atoms with van der Waals surface area (Å²) in [6, 6.07) is 16.2. The molecule has 0 spiro atoms. The molecule has 0 radical (unpaired) electrons. The number of carbonyl (C=O) groups excluding carboxylic acids is 1. The molecule has 0 bridgehead atoms. The first kappa shape index (κ1) is 19.6. The van der Waals surface area contributed by atoms with Gasteiger partial charge in [-0.15, -0.1) is 10.2 Å². The number of rotatable bonds is 6. The molecule has 1 aliphatic rings. The van der Waals surface area contributed by atoms with Crippen LogP contribution in [-0.2, 0) is 4.79 Å². The van der Waals surface area contributed by atoms with Gasteiger partial charge in [0, 0.05) is 17.3 Å². The maximum Gasteiger partial charge on any atom is 0.233 e. The molecule has 1 fully saturated rings. The Hall–Kier alpha value is -2.67. The number of nitrogens with one attached hydrogen (secondary N) is 1. The highest BCUT2D eigenvalue weighted by Gasteiger charge is 2.24. The van der Waals surface area contributed by atoms with Crippen LogP contribution >= 0.6 is 11.8 Å². The lowest BCUT2D eigenvalue weighted by atomic mass is 10.2. The molecule has 1 amide bonds. The molecule has 1 saturated carbocycles. The summed E-state index contributed by atoms with van der Waals surface area (Å²) in [5, 5.41) is 12.2. The minimum atomic E-state index is -0.302. The molecule has 1 unspecified atom stereocenters. The van der Waals surface area contributed by atoms with Crippen molar-refractivity contribution in [2.75, 3.05) is 0 Å². The van der Waals surface area contributed by atoms with Crippen molar-refractivity contribution in [3.05, 3.63) is 60.4 Å². The van der Waals surface area contributed by atoms with E-state index >= 15 is 0 Å². The van der Waals surface area contributed by atoms with Gasteiger partial charge in [-0.2, -0.15) is 0 Å². The van der Waals surface area contributed by atoms with Crippen molar-refractivity contribution in [1.82, 2.24) is 20.1 Å². The summed E-state index contributed by atoms with van der Waals surface area (Å²) in [5.41, 5.74) is 1.65. The highest BCUT2D eigenvalue weighted by atomic mass is 32.2. The Morgan fingerprint density at radius 2 is 1.79 bits per heavy atom. The number of thioether (sulfide) groups is 1. The van der Waals surface area contributed by atoms with Crippen molar-refractivity contribution in [2.24, 2.45) is 0 Å². The van der Waals surface area contributed by atoms with E-state index in [0.29, 0.717) is 11.0 Å². The van der Waals surface area contributed by atoms with Crippen LogP contribution in [0.4, 0.5) is 4.39 Å². The van der Waals surface area contributed by atoms with Crippen LogP contribution in [0.25, 0.3) is 17.1 Å². The van der Waals surface area contributed by atoms with Crippen molar-refractivity contribution in [2.45, 2.75) is 49.1 Å². The number of aromatic nitrogens is 3. The molecule has 4 rings (SSSR count). The van der Waals surface area contributed by atoms with E-state index < -0.39 is 0 Å². The molecule has 3 aromatic rings. The third-order valence-corrected chi connectivity index (χ3v) is 6.15. The van der Waals surface area contributed by atoms with Crippen LogP contribution in [0.2, 0.25) is 0 Å². The Bertz CT molecular complexity index is 968. The monoisotopic (exact) mass is 410 g/mol. The largest absolute Gasteiger partial charge is 0.352 e. The summed E-state index contributed by atoms with van der Waals surface area (Å²) >= 11 is 1.38. The summed E-state index contributed by atoms with van der Waals surface area (Å²) in [6.07, 6.45) is 4.46. The Morgan fingerprint density at radius 1 is 1.10 bits per heavy atom. The first-order chi connectivity index (χ1) is 14.1. The minimum absolute atomic E-state index is 0.0212. The molecule has 2 aromatic carbocycles. The normalized spacial score (nSPS) is 15.4. The molecular weight excluding hydrogens is 387 g/mol. The third-order valence-electron chi connectivity index (χ3n) is 5.10. The van der Waals surface area contributed by atoms with Gasteiger partial charge in [-0.05, 0) is 56.2 Å². The third kappa shape index (κ3) is 4.50. The van der Waals surface area contributed by atoms with Gasteiger partial charge < -0.3 is 5.32 Å². The van der Waals surface area contributed by atoms with Crippen LogP contribution in [-0.4, -0.2) is 32.0 Å². The maximum absolute atomic E-state index is 13.4. The maximum atomic E-state index is 13.4. The van der Waals surface area contributed by atoms with E-state index in [1.165, 1.54) is 36.7 Å². The van der Waals surface area contributed by atoms with Crippen LogP contribution in [0.1, 0.15) is 32.6 Å². The quantitative estimate of drug-likeness (QED) is 0.603. The Morgan fingerprint density at radius 3 is 2.48 bits per heavy atom. The first-order valence-corrected chi connectivity index (χ1v) is 10.7. The summed E-state index contributed by atoms with van der Waals surface area (Å²) in [6.45, 7) is 1.89. The summed E-state index contributed by atoms with van der Waals surface area (Å²) in [5.74, 6) is 0.335. The second-order valence-electron chi connectivity index (χ2n) is 7.23. The van der Waals surface area contributed by atoms with Crippen LogP contribution < -0.4 is 5.32 Å². The van der Waals surface area contributed by atoms with Crippen LogP contribution in [0.15, 0.2) is 59.8 Å². The SMILES string of the molecule is CC(Sc1nnc(-c2ccc(F)cc2)n1-c1ccccc1)C(=O)NC1CCCC1. The number of para-hydroxylation sites is 1. The molecule has 150 valence electrons. The smallest absolute Gasteiger partial charge is 0.233 e. The van der Waals surface area contributed by atoms with Crippen molar-refractivity contribution < 1.29 is 9.18 Å². The average molecular weight is 411 g/mol. The predicted molar refractivity (Wildman–Crippen MR) is 112 cm³/mol. The number of hydrogen-bond donors (Lipinski definition) is 1. The number of benzene rings is 2. The van der Waals surface area contributed by atoms with Gasteiger partial charge in [-0.3, -0.25) is 9.36 Å². The number of amides is 1. The highest BCUT2D eigenvalue weighted by molar-refractivity contribution is 8.00. The van der Waals surface area contributed by atoms with E-state index in [4.69, 9.17) is 0 Å². The van der Waals surface area contributed by atoms with Crippen molar-refractivity contribution >= 4 is 17.7 Å². The summed E-state index contributed by atoms with van der Waals surface area (Å²) in [7, 11) is 0. The van der Waals surface area contributed by atoms with Crippen molar-refractivity contribution in [1.29, 1.82) is 0 Å². The van der Waals surface area contributed by atoms with E-state index in [-0.39, 0.29) is 23.0 Å². The fraction of sp³-hybridized carbons (Fsp3) is 0.318. The molecule has 7 heteroatoms. The number of hydrogen-bond acceptors (Lipinski definition) is 4. The van der Waals surface area contributed by atoms with Gasteiger partial charge in [-0.1, -0.05) is 42.8 Å². The standard InChI is InChI=1S/C22H23FN4OS/c1-15(21(28)24-18-7-5-6-8-18)29-22-26-25-20(16-11-13-17(23)14-12-16)27(22)19-9-3-2-4-10-19/h2-4,9-15,18H,5-8H2,1H3,(H,24,28). The average Bonchev–Trinajstić information content (AvgIpc) is 3.39. The molecule has 1 atom stereocenters.